The van der Waals surface area contributed by atoms with Gasteiger partial charge in [-0.2, -0.15) is 0 Å². The Kier molecular flexibility index (Phi) is 6.71. The largest absolute Gasteiger partial charge is 0.497 e. The van der Waals surface area contributed by atoms with Crippen molar-refractivity contribution >= 4 is 5.91 Å². The highest BCUT2D eigenvalue weighted by Gasteiger charge is 2.15. The highest BCUT2D eigenvalue weighted by Crippen LogP contribution is 2.24. The molecule has 144 valence electrons. The summed E-state index contributed by atoms with van der Waals surface area (Å²) in [6, 6.07) is 13.6. The summed E-state index contributed by atoms with van der Waals surface area (Å²) in [5.74, 6) is 1.02. The highest BCUT2D eigenvalue weighted by atomic mass is 16.5. The topological polar surface area (TPSA) is 50.8 Å². The number of benzene rings is 2. The number of methoxy groups -OCH3 is 2. The zero-order chi connectivity index (χ0) is 19.1. The van der Waals surface area contributed by atoms with Crippen LogP contribution in [0.15, 0.2) is 42.5 Å². The van der Waals surface area contributed by atoms with Gasteiger partial charge in [0, 0.05) is 19.2 Å². The molecule has 1 amide bonds. The van der Waals surface area contributed by atoms with Gasteiger partial charge in [0.05, 0.1) is 19.8 Å². The molecule has 0 unspecified atom stereocenters. The zero-order valence-electron chi connectivity index (χ0n) is 16.2. The van der Waals surface area contributed by atoms with Crippen molar-refractivity contribution in [3.05, 3.63) is 59.2 Å². The van der Waals surface area contributed by atoms with Crippen LogP contribution in [-0.2, 0) is 13.1 Å². The smallest absolute Gasteiger partial charge is 0.255 e. The molecule has 0 aliphatic carbocycles. The Labute approximate surface area is 161 Å². The van der Waals surface area contributed by atoms with Crippen LogP contribution in [0.5, 0.6) is 11.5 Å². The summed E-state index contributed by atoms with van der Waals surface area (Å²) < 4.78 is 10.5. The van der Waals surface area contributed by atoms with E-state index >= 15 is 0 Å². The Morgan fingerprint density at radius 1 is 1.00 bits per heavy atom. The van der Waals surface area contributed by atoms with Crippen molar-refractivity contribution in [2.45, 2.75) is 32.4 Å². The molecule has 5 nitrogen and oxygen atoms in total. The van der Waals surface area contributed by atoms with Gasteiger partial charge in [0.15, 0.2) is 0 Å². The number of carbonyl (C=O) groups is 1. The molecule has 0 spiro atoms. The molecule has 0 saturated carbocycles. The number of nitrogens with one attached hydrogen (secondary N) is 1. The van der Waals surface area contributed by atoms with Crippen LogP contribution in [0.25, 0.3) is 0 Å². The number of likely N-dealkylation sites (tertiary alicyclic amines) is 1. The molecular weight excluding hydrogens is 340 g/mol. The molecule has 0 atom stereocenters. The molecule has 27 heavy (non-hydrogen) atoms. The summed E-state index contributed by atoms with van der Waals surface area (Å²) in [5.41, 5.74) is 2.94. The molecule has 2 aromatic carbocycles. The first-order chi connectivity index (χ1) is 13.2. The molecule has 1 aliphatic rings. The number of hydrogen-bond acceptors (Lipinski definition) is 4. The minimum atomic E-state index is -0.151. The third kappa shape index (κ3) is 5.01. The maximum Gasteiger partial charge on any atom is 0.255 e. The van der Waals surface area contributed by atoms with Gasteiger partial charge in [-0.05, 0) is 49.2 Å². The SMILES string of the molecule is COc1ccc(C(=O)NCc2ccccc2CN2CCCCC2)c(OC)c1. The normalized spacial score (nSPS) is 14.6. The molecule has 5 heteroatoms. The molecule has 2 aromatic rings. The average molecular weight is 368 g/mol. The summed E-state index contributed by atoms with van der Waals surface area (Å²) >= 11 is 0. The second-order valence-corrected chi connectivity index (χ2v) is 6.85. The van der Waals surface area contributed by atoms with Crippen LogP contribution in [0.1, 0.15) is 40.7 Å². The summed E-state index contributed by atoms with van der Waals surface area (Å²) in [7, 11) is 3.15. The van der Waals surface area contributed by atoms with Gasteiger partial charge in [-0.1, -0.05) is 30.7 Å². The first-order valence-electron chi connectivity index (χ1n) is 9.50. The Balaban J connectivity index is 1.67. The average Bonchev–Trinajstić information content (AvgIpc) is 2.73. The summed E-state index contributed by atoms with van der Waals surface area (Å²) in [6.07, 6.45) is 3.88. The highest BCUT2D eigenvalue weighted by molar-refractivity contribution is 5.97. The molecule has 0 aromatic heterocycles. The maximum absolute atomic E-state index is 12.7. The fraction of sp³-hybridized carbons (Fsp3) is 0.409. The van der Waals surface area contributed by atoms with E-state index in [0.29, 0.717) is 23.6 Å². The predicted molar refractivity (Wildman–Crippen MR) is 106 cm³/mol. The van der Waals surface area contributed by atoms with Gasteiger partial charge >= 0.3 is 0 Å². The second kappa shape index (κ2) is 9.42. The van der Waals surface area contributed by atoms with Crippen LogP contribution in [0.2, 0.25) is 0 Å². The van der Waals surface area contributed by atoms with E-state index < -0.39 is 0 Å². The second-order valence-electron chi connectivity index (χ2n) is 6.85. The fourth-order valence-electron chi connectivity index (χ4n) is 3.50. The Hall–Kier alpha value is -2.53. The lowest BCUT2D eigenvalue weighted by Gasteiger charge is -2.27. The van der Waals surface area contributed by atoms with E-state index in [2.05, 4.69) is 28.4 Å². The van der Waals surface area contributed by atoms with Crippen molar-refractivity contribution in [1.82, 2.24) is 10.2 Å². The van der Waals surface area contributed by atoms with Gasteiger partial charge < -0.3 is 14.8 Å². The van der Waals surface area contributed by atoms with Crippen molar-refractivity contribution in [2.75, 3.05) is 27.3 Å². The number of hydrogen-bond donors (Lipinski definition) is 1. The molecule has 1 fully saturated rings. The van der Waals surface area contributed by atoms with Crippen LogP contribution in [0.4, 0.5) is 0 Å². The molecule has 0 bridgehead atoms. The van der Waals surface area contributed by atoms with Gasteiger partial charge in [-0.25, -0.2) is 0 Å². The van der Waals surface area contributed by atoms with E-state index in [1.165, 1.54) is 24.8 Å². The van der Waals surface area contributed by atoms with Crippen LogP contribution < -0.4 is 14.8 Å². The van der Waals surface area contributed by atoms with Crippen molar-refractivity contribution in [1.29, 1.82) is 0 Å². The predicted octanol–water partition coefficient (Wildman–Crippen LogP) is 3.62. The van der Waals surface area contributed by atoms with Crippen LogP contribution in [-0.4, -0.2) is 38.1 Å². The Morgan fingerprint density at radius 3 is 2.44 bits per heavy atom. The number of ether oxygens (including phenoxy) is 2. The van der Waals surface area contributed by atoms with E-state index in [0.717, 1.165) is 25.2 Å². The number of carbonyl (C=O) groups excluding carboxylic acids is 1. The molecule has 1 saturated heterocycles. The third-order valence-corrected chi connectivity index (χ3v) is 5.05. The van der Waals surface area contributed by atoms with Gasteiger partial charge in [-0.3, -0.25) is 9.69 Å². The van der Waals surface area contributed by atoms with Crippen molar-refractivity contribution in [3.8, 4) is 11.5 Å². The Bertz CT molecular complexity index is 770. The summed E-state index contributed by atoms with van der Waals surface area (Å²) in [4.78, 5) is 15.2. The Morgan fingerprint density at radius 2 is 1.74 bits per heavy atom. The molecule has 1 N–H and O–H groups in total. The van der Waals surface area contributed by atoms with Gasteiger partial charge in [0.25, 0.3) is 5.91 Å². The van der Waals surface area contributed by atoms with E-state index in [-0.39, 0.29) is 5.91 Å². The third-order valence-electron chi connectivity index (χ3n) is 5.05. The lowest BCUT2D eigenvalue weighted by Crippen LogP contribution is -2.30. The first-order valence-corrected chi connectivity index (χ1v) is 9.50. The van der Waals surface area contributed by atoms with E-state index in [4.69, 9.17) is 9.47 Å². The standard InChI is InChI=1S/C22H28N2O3/c1-26-19-10-11-20(21(14-19)27-2)22(25)23-15-17-8-4-5-9-18(17)16-24-12-6-3-7-13-24/h4-5,8-11,14H,3,6-7,12-13,15-16H2,1-2H3,(H,23,25). The minimum absolute atomic E-state index is 0.151. The van der Waals surface area contributed by atoms with E-state index in [9.17, 15) is 4.79 Å². The van der Waals surface area contributed by atoms with Crippen LogP contribution >= 0.6 is 0 Å². The molecule has 0 radical (unpaired) electrons. The molecule has 1 heterocycles. The van der Waals surface area contributed by atoms with Gasteiger partial charge in [0.1, 0.15) is 11.5 Å². The number of amides is 1. The quantitative estimate of drug-likeness (QED) is 0.811. The zero-order valence-corrected chi connectivity index (χ0v) is 16.2. The lowest BCUT2D eigenvalue weighted by atomic mass is 10.0. The maximum atomic E-state index is 12.7. The van der Waals surface area contributed by atoms with E-state index in [1.807, 2.05) is 6.07 Å². The summed E-state index contributed by atoms with van der Waals surface area (Å²) in [5, 5.41) is 3.03. The number of piperidine rings is 1. The van der Waals surface area contributed by atoms with Crippen molar-refractivity contribution in [2.24, 2.45) is 0 Å². The lowest BCUT2D eigenvalue weighted by molar-refractivity contribution is 0.0947. The van der Waals surface area contributed by atoms with Gasteiger partial charge in [-0.15, -0.1) is 0 Å². The monoisotopic (exact) mass is 368 g/mol. The van der Waals surface area contributed by atoms with Gasteiger partial charge in [0.2, 0.25) is 0 Å². The summed E-state index contributed by atoms with van der Waals surface area (Å²) in [6.45, 7) is 3.75. The molecular formula is C22H28N2O3. The first kappa shape index (κ1) is 19.2. The van der Waals surface area contributed by atoms with Crippen LogP contribution in [0, 0.1) is 0 Å². The van der Waals surface area contributed by atoms with Crippen LogP contribution in [0.3, 0.4) is 0 Å². The van der Waals surface area contributed by atoms with Crippen molar-refractivity contribution < 1.29 is 14.3 Å². The molecule has 3 rings (SSSR count). The van der Waals surface area contributed by atoms with E-state index in [1.54, 1.807) is 32.4 Å². The van der Waals surface area contributed by atoms with Crippen molar-refractivity contribution in [3.63, 3.8) is 0 Å². The minimum Gasteiger partial charge on any atom is -0.497 e. The molecule has 1 aliphatic heterocycles. The number of nitrogens with zero attached hydrogens (tertiary/aromatic N) is 1. The number of rotatable bonds is 7. The fourth-order valence-corrected chi connectivity index (χ4v) is 3.50.